The second kappa shape index (κ2) is 11.1. The SMILES string of the molecule is C=CC(=O)Nc1cccc(N=c2ncc3cc(Oc4ccc(F)cc4F)c4n(c-3n2)CCN4)c1.O=CO. The molecule has 1 amide bonds. The zero-order chi connectivity index (χ0) is 26.4. The topological polar surface area (TPSA) is 131 Å². The number of ether oxygens (including phenoxy) is 1. The summed E-state index contributed by atoms with van der Waals surface area (Å²) in [6, 6.07) is 11.8. The Kier molecular flexibility index (Phi) is 7.48. The van der Waals surface area contributed by atoms with E-state index in [-0.39, 0.29) is 23.7 Å². The van der Waals surface area contributed by atoms with Gasteiger partial charge in [-0.1, -0.05) is 12.6 Å². The molecule has 5 rings (SSSR count). The van der Waals surface area contributed by atoms with Gasteiger partial charge in [0.25, 0.3) is 12.1 Å². The summed E-state index contributed by atoms with van der Waals surface area (Å²) in [4.78, 5) is 33.3. The predicted octanol–water partition coefficient (Wildman–Crippen LogP) is 3.94. The van der Waals surface area contributed by atoms with Crippen molar-refractivity contribution >= 4 is 29.6 Å². The average Bonchev–Trinajstić information content (AvgIpc) is 3.37. The third-order valence-corrected chi connectivity index (χ3v) is 5.10. The molecule has 0 saturated heterocycles. The highest BCUT2D eigenvalue weighted by atomic mass is 19.1. The third-order valence-electron chi connectivity index (χ3n) is 5.10. The fraction of sp³-hybridized carbons (Fsp3) is 0.0800. The smallest absolute Gasteiger partial charge is 0.290 e. The maximum atomic E-state index is 14.1. The highest BCUT2D eigenvalue weighted by molar-refractivity contribution is 5.99. The van der Waals surface area contributed by atoms with Gasteiger partial charge in [0.1, 0.15) is 11.6 Å². The van der Waals surface area contributed by atoms with E-state index in [2.05, 4.69) is 32.2 Å². The number of carbonyl (C=O) groups excluding carboxylic acids is 1. The minimum Gasteiger partial charge on any atom is -0.483 e. The van der Waals surface area contributed by atoms with E-state index in [1.807, 2.05) is 4.57 Å². The minimum absolute atomic E-state index is 0.0896. The first-order chi connectivity index (χ1) is 17.9. The van der Waals surface area contributed by atoms with Gasteiger partial charge in [0.05, 0.1) is 5.69 Å². The summed E-state index contributed by atoms with van der Waals surface area (Å²) in [7, 11) is 0. The molecule has 0 spiro atoms. The highest BCUT2D eigenvalue weighted by Crippen LogP contribution is 2.38. The first-order valence-electron chi connectivity index (χ1n) is 10.8. The number of nitrogens with zero attached hydrogens (tertiary/aromatic N) is 4. The van der Waals surface area contributed by atoms with Crippen LogP contribution in [0.1, 0.15) is 0 Å². The number of halogens is 2. The molecule has 0 saturated carbocycles. The van der Waals surface area contributed by atoms with Gasteiger partial charge in [0, 0.05) is 36.6 Å². The highest BCUT2D eigenvalue weighted by Gasteiger charge is 2.23. The fourth-order valence-electron chi connectivity index (χ4n) is 3.60. The number of hydrogen-bond acceptors (Lipinski definition) is 7. The second-order valence-corrected chi connectivity index (χ2v) is 7.52. The number of carbonyl (C=O) groups is 2. The van der Waals surface area contributed by atoms with E-state index in [4.69, 9.17) is 14.6 Å². The number of benzene rings is 2. The van der Waals surface area contributed by atoms with Crippen molar-refractivity contribution in [1.82, 2.24) is 14.5 Å². The summed E-state index contributed by atoms with van der Waals surface area (Å²) in [5, 5.41) is 12.8. The molecular formula is C25H20F2N6O4. The summed E-state index contributed by atoms with van der Waals surface area (Å²) < 4.78 is 35.0. The summed E-state index contributed by atoms with van der Waals surface area (Å²) >= 11 is 0. The second-order valence-electron chi connectivity index (χ2n) is 7.52. The van der Waals surface area contributed by atoms with Gasteiger partial charge in [-0.25, -0.2) is 18.8 Å². The number of rotatable bonds is 5. The van der Waals surface area contributed by atoms with Crippen LogP contribution >= 0.6 is 0 Å². The fourth-order valence-corrected chi connectivity index (χ4v) is 3.60. The van der Waals surface area contributed by atoms with Crippen LogP contribution < -0.4 is 21.0 Å². The van der Waals surface area contributed by atoms with Crippen molar-refractivity contribution in [2.24, 2.45) is 4.99 Å². The van der Waals surface area contributed by atoms with Crippen LogP contribution in [0.25, 0.3) is 11.4 Å². The van der Waals surface area contributed by atoms with Gasteiger partial charge in [-0.3, -0.25) is 9.59 Å². The average molecular weight is 506 g/mol. The van der Waals surface area contributed by atoms with E-state index in [1.165, 1.54) is 12.1 Å². The predicted molar refractivity (Wildman–Crippen MR) is 131 cm³/mol. The molecule has 0 aromatic heterocycles. The van der Waals surface area contributed by atoms with Gasteiger partial charge in [0.15, 0.2) is 23.1 Å². The summed E-state index contributed by atoms with van der Waals surface area (Å²) in [6.07, 6.45) is 2.79. The Hall–Kier alpha value is -5.13. The van der Waals surface area contributed by atoms with Gasteiger partial charge in [0.2, 0.25) is 5.91 Å². The van der Waals surface area contributed by atoms with Crippen molar-refractivity contribution < 1.29 is 28.2 Å². The molecule has 3 N–H and O–H groups in total. The molecule has 12 heteroatoms. The molecule has 0 radical (unpaired) electrons. The zero-order valence-corrected chi connectivity index (χ0v) is 19.2. The van der Waals surface area contributed by atoms with Crippen LogP contribution in [0.15, 0.2) is 72.4 Å². The maximum Gasteiger partial charge on any atom is 0.290 e. The lowest BCUT2D eigenvalue weighted by molar-refractivity contribution is -0.122. The Morgan fingerprint density at radius 1 is 1.22 bits per heavy atom. The van der Waals surface area contributed by atoms with Crippen molar-refractivity contribution in [3.63, 3.8) is 0 Å². The number of amides is 1. The molecule has 0 bridgehead atoms. The van der Waals surface area contributed by atoms with E-state index < -0.39 is 11.6 Å². The molecule has 0 atom stereocenters. The van der Waals surface area contributed by atoms with Crippen LogP contribution in [0.5, 0.6) is 11.5 Å². The summed E-state index contributed by atoms with van der Waals surface area (Å²) in [5.74, 6) is -0.278. The lowest BCUT2D eigenvalue weighted by Gasteiger charge is -2.17. The quantitative estimate of drug-likeness (QED) is 0.276. The number of fused-ring (bicyclic) bond motifs is 3. The van der Waals surface area contributed by atoms with Gasteiger partial charge in [-0.05, 0) is 42.5 Å². The first kappa shape index (κ1) is 25.0. The molecule has 3 aliphatic heterocycles. The number of nitrogens with one attached hydrogen (secondary N) is 2. The Morgan fingerprint density at radius 2 is 2.03 bits per heavy atom. The first-order valence-corrected chi connectivity index (χ1v) is 10.8. The van der Waals surface area contributed by atoms with E-state index in [0.717, 1.165) is 12.1 Å². The van der Waals surface area contributed by atoms with Gasteiger partial charge in [-0.2, -0.15) is 4.98 Å². The number of hydrogen-bond donors (Lipinski definition) is 3. The molecule has 0 aliphatic carbocycles. The zero-order valence-electron chi connectivity index (χ0n) is 19.2. The van der Waals surface area contributed by atoms with E-state index in [1.54, 1.807) is 36.5 Å². The van der Waals surface area contributed by atoms with Crippen LogP contribution in [0.2, 0.25) is 0 Å². The lowest BCUT2D eigenvalue weighted by Crippen LogP contribution is -2.17. The van der Waals surface area contributed by atoms with Crippen LogP contribution in [-0.2, 0) is 16.1 Å². The van der Waals surface area contributed by atoms with Crippen molar-refractivity contribution in [1.29, 1.82) is 0 Å². The molecule has 2 aromatic carbocycles. The van der Waals surface area contributed by atoms with Gasteiger partial charge >= 0.3 is 0 Å². The number of carboxylic acid groups (broad SMARTS) is 1. The third kappa shape index (κ3) is 5.75. The number of anilines is 2. The van der Waals surface area contributed by atoms with Crippen LogP contribution in [0, 0.1) is 11.6 Å². The largest absolute Gasteiger partial charge is 0.483 e. The van der Waals surface area contributed by atoms with Crippen LogP contribution in [-0.4, -0.2) is 38.6 Å². The molecule has 188 valence electrons. The van der Waals surface area contributed by atoms with Gasteiger partial charge < -0.3 is 25.0 Å². The van der Waals surface area contributed by atoms with Crippen LogP contribution in [0.4, 0.5) is 26.0 Å². The Bertz CT molecular complexity index is 1520. The maximum absolute atomic E-state index is 14.1. The summed E-state index contributed by atoms with van der Waals surface area (Å²) in [5.41, 5.74) is 2.03. The van der Waals surface area contributed by atoms with E-state index >= 15 is 0 Å². The molecule has 0 fully saturated rings. The minimum atomic E-state index is -0.797. The molecule has 3 aliphatic rings. The van der Waals surface area contributed by atoms with E-state index in [0.29, 0.717) is 47.4 Å². The van der Waals surface area contributed by atoms with Crippen molar-refractivity contribution in [3.05, 3.63) is 84.6 Å². The molecular weight excluding hydrogens is 486 g/mol. The summed E-state index contributed by atoms with van der Waals surface area (Å²) in [6.45, 7) is 4.42. The number of aromatic nitrogens is 3. The van der Waals surface area contributed by atoms with Gasteiger partial charge in [-0.15, -0.1) is 0 Å². The van der Waals surface area contributed by atoms with Crippen molar-refractivity contribution in [3.8, 4) is 22.9 Å². The molecule has 37 heavy (non-hydrogen) atoms. The molecule has 0 unspecified atom stereocenters. The van der Waals surface area contributed by atoms with Crippen molar-refractivity contribution in [2.75, 3.05) is 17.2 Å². The Balaban J connectivity index is 0.00000102. The number of pyridine rings is 1. The normalized spacial score (nSPS) is 12.1. The Labute approximate surface area is 209 Å². The Morgan fingerprint density at radius 3 is 2.78 bits per heavy atom. The van der Waals surface area contributed by atoms with E-state index in [9.17, 15) is 13.6 Å². The van der Waals surface area contributed by atoms with Crippen molar-refractivity contribution in [2.45, 2.75) is 6.54 Å². The molecule has 10 nitrogen and oxygen atoms in total. The van der Waals surface area contributed by atoms with Crippen LogP contribution in [0.3, 0.4) is 0 Å². The molecule has 2 aromatic rings. The monoisotopic (exact) mass is 506 g/mol. The standard InChI is InChI=1S/C24H18F2N6O2.CH2O2/c1-2-21(33)29-16-4-3-5-17(12-16)30-24-28-13-14-10-20(23-27-8-9-32(23)22(14)31-24)34-19-7-6-15(25)11-18(19)26;2-1-3/h2-7,10-13,27H,1,8-9H2,(H,29,33);1H,(H,2,3). The lowest BCUT2D eigenvalue weighted by atomic mass is 10.2. The molecule has 3 heterocycles.